The minimum atomic E-state index is 0.666. The van der Waals surface area contributed by atoms with Crippen LogP contribution < -0.4 is 10.5 Å². The Morgan fingerprint density at radius 3 is 2.93 bits per heavy atom. The monoisotopic (exact) mass is 223 g/mol. The third kappa shape index (κ3) is 3.83. The van der Waals surface area contributed by atoms with Crippen molar-refractivity contribution < 1.29 is 4.74 Å². The third-order valence-corrected chi connectivity index (χ3v) is 2.13. The Balaban J connectivity index is 2.80. The summed E-state index contributed by atoms with van der Waals surface area (Å²) >= 11 is 5.87. The highest BCUT2D eigenvalue weighted by Crippen LogP contribution is 2.21. The van der Waals surface area contributed by atoms with Crippen molar-refractivity contribution in [1.29, 1.82) is 0 Å². The largest absolute Gasteiger partial charge is 0.495 e. The lowest BCUT2D eigenvalue weighted by Crippen LogP contribution is -1.96. The molecule has 0 radical (unpaired) electrons. The van der Waals surface area contributed by atoms with E-state index in [9.17, 15) is 0 Å². The number of halogens is 1. The van der Waals surface area contributed by atoms with Gasteiger partial charge < -0.3 is 10.5 Å². The molecule has 2 N–H and O–H groups in total. The van der Waals surface area contributed by atoms with Crippen LogP contribution in [-0.4, -0.2) is 13.7 Å². The van der Waals surface area contributed by atoms with E-state index in [1.165, 1.54) is 0 Å². The first-order valence-corrected chi connectivity index (χ1v) is 5.18. The van der Waals surface area contributed by atoms with Crippen LogP contribution in [-0.2, 0) is 0 Å². The van der Waals surface area contributed by atoms with Gasteiger partial charge in [-0.05, 0) is 31.2 Å². The summed E-state index contributed by atoms with van der Waals surface area (Å²) in [4.78, 5) is 0. The Kier molecular flexibility index (Phi) is 5.03. The second kappa shape index (κ2) is 6.34. The minimum absolute atomic E-state index is 0.666. The lowest BCUT2D eigenvalue weighted by molar-refractivity contribution is 0.413. The number of nitrogens with two attached hydrogens (primary N) is 1. The molecule has 15 heavy (non-hydrogen) atoms. The molecule has 0 aliphatic rings. The second-order valence-corrected chi connectivity index (χ2v) is 3.48. The van der Waals surface area contributed by atoms with E-state index in [0.717, 1.165) is 24.2 Å². The maximum Gasteiger partial charge on any atom is 0.134 e. The van der Waals surface area contributed by atoms with Crippen LogP contribution in [0.4, 0.5) is 0 Å². The number of unbranched alkanes of at least 4 members (excludes halogenated alkanes) is 1. The molecule has 3 heteroatoms. The molecule has 0 unspecified atom stereocenters. The molecule has 0 saturated heterocycles. The van der Waals surface area contributed by atoms with Crippen molar-refractivity contribution in [2.24, 2.45) is 5.73 Å². The molecule has 1 aromatic rings. The molecule has 0 fully saturated rings. The summed E-state index contributed by atoms with van der Waals surface area (Å²) in [5, 5.41) is 0.666. The summed E-state index contributed by atoms with van der Waals surface area (Å²) in [6.45, 7) is 0.668. The zero-order chi connectivity index (χ0) is 11.1. The summed E-state index contributed by atoms with van der Waals surface area (Å²) in [5.41, 5.74) is 6.20. The molecule has 0 spiro atoms. The van der Waals surface area contributed by atoms with E-state index in [1.807, 2.05) is 6.07 Å². The SMILES string of the molecule is COc1ccc(Cl)cc1C#CCCCN. The summed E-state index contributed by atoms with van der Waals surface area (Å²) < 4.78 is 5.17. The average molecular weight is 224 g/mol. The predicted molar refractivity (Wildman–Crippen MR) is 63.2 cm³/mol. The average Bonchev–Trinajstić information content (AvgIpc) is 2.25. The van der Waals surface area contributed by atoms with Crippen LogP contribution in [0.15, 0.2) is 18.2 Å². The molecule has 1 aromatic carbocycles. The van der Waals surface area contributed by atoms with Gasteiger partial charge in [-0.1, -0.05) is 23.4 Å². The van der Waals surface area contributed by atoms with Crippen molar-refractivity contribution in [3.8, 4) is 17.6 Å². The minimum Gasteiger partial charge on any atom is -0.495 e. The summed E-state index contributed by atoms with van der Waals surface area (Å²) in [6, 6.07) is 5.40. The van der Waals surface area contributed by atoms with E-state index in [-0.39, 0.29) is 0 Å². The highest BCUT2D eigenvalue weighted by Gasteiger charge is 1.99. The molecule has 0 aromatic heterocycles. The maximum atomic E-state index is 5.87. The van der Waals surface area contributed by atoms with Crippen LogP contribution >= 0.6 is 11.6 Å². The van der Waals surface area contributed by atoms with Crippen LogP contribution in [0.25, 0.3) is 0 Å². The number of benzene rings is 1. The zero-order valence-corrected chi connectivity index (χ0v) is 9.47. The molecule has 0 aliphatic carbocycles. The van der Waals surface area contributed by atoms with E-state index in [4.69, 9.17) is 22.1 Å². The Labute approximate surface area is 95.4 Å². The Morgan fingerprint density at radius 1 is 1.47 bits per heavy atom. The van der Waals surface area contributed by atoms with Gasteiger partial charge in [0.2, 0.25) is 0 Å². The van der Waals surface area contributed by atoms with Crippen LogP contribution in [0.3, 0.4) is 0 Å². The van der Waals surface area contributed by atoms with Gasteiger partial charge in [-0.3, -0.25) is 0 Å². The van der Waals surface area contributed by atoms with Gasteiger partial charge in [0.15, 0.2) is 0 Å². The molecule has 0 amide bonds. The molecule has 1 rings (SSSR count). The Morgan fingerprint density at radius 2 is 2.27 bits per heavy atom. The normalized spacial score (nSPS) is 9.27. The maximum absolute atomic E-state index is 5.87. The van der Waals surface area contributed by atoms with Crippen LogP contribution in [0, 0.1) is 11.8 Å². The van der Waals surface area contributed by atoms with E-state index in [1.54, 1.807) is 19.2 Å². The van der Waals surface area contributed by atoms with Crippen molar-refractivity contribution in [2.75, 3.05) is 13.7 Å². The summed E-state index contributed by atoms with van der Waals surface area (Å²) in [5.74, 6) is 6.81. The molecule has 2 nitrogen and oxygen atoms in total. The van der Waals surface area contributed by atoms with Crippen molar-refractivity contribution in [1.82, 2.24) is 0 Å². The van der Waals surface area contributed by atoms with Gasteiger partial charge >= 0.3 is 0 Å². The first-order chi connectivity index (χ1) is 7.27. The zero-order valence-electron chi connectivity index (χ0n) is 8.72. The van der Waals surface area contributed by atoms with E-state index in [2.05, 4.69) is 11.8 Å². The van der Waals surface area contributed by atoms with Gasteiger partial charge in [-0.25, -0.2) is 0 Å². The van der Waals surface area contributed by atoms with Gasteiger partial charge in [-0.2, -0.15) is 0 Å². The highest BCUT2D eigenvalue weighted by molar-refractivity contribution is 6.30. The number of rotatable bonds is 3. The van der Waals surface area contributed by atoms with Gasteiger partial charge in [0.25, 0.3) is 0 Å². The molecular weight excluding hydrogens is 210 g/mol. The first kappa shape index (κ1) is 11.9. The molecule has 80 valence electrons. The summed E-state index contributed by atoms with van der Waals surface area (Å²) in [7, 11) is 1.62. The fourth-order valence-corrected chi connectivity index (χ4v) is 1.30. The van der Waals surface area contributed by atoms with Crippen molar-refractivity contribution in [3.63, 3.8) is 0 Å². The number of ether oxygens (including phenoxy) is 1. The fraction of sp³-hybridized carbons (Fsp3) is 0.333. The highest BCUT2D eigenvalue weighted by atomic mass is 35.5. The van der Waals surface area contributed by atoms with Gasteiger partial charge in [0.1, 0.15) is 5.75 Å². The molecule has 0 heterocycles. The Hall–Kier alpha value is -1.17. The smallest absolute Gasteiger partial charge is 0.134 e. The van der Waals surface area contributed by atoms with Crippen molar-refractivity contribution in [2.45, 2.75) is 12.8 Å². The third-order valence-electron chi connectivity index (χ3n) is 1.89. The number of hydrogen-bond acceptors (Lipinski definition) is 2. The van der Waals surface area contributed by atoms with Gasteiger partial charge in [0, 0.05) is 11.4 Å². The topological polar surface area (TPSA) is 35.2 Å². The van der Waals surface area contributed by atoms with Crippen molar-refractivity contribution in [3.05, 3.63) is 28.8 Å². The fourth-order valence-electron chi connectivity index (χ4n) is 1.13. The van der Waals surface area contributed by atoms with Crippen LogP contribution in [0.2, 0.25) is 5.02 Å². The predicted octanol–water partition coefficient (Wildman–Crippen LogP) is 2.44. The second-order valence-electron chi connectivity index (χ2n) is 3.04. The number of methoxy groups -OCH3 is 1. The van der Waals surface area contributed by atoms with E-state index >= 15 is 0 Å². The Bertz CT molecular complexity index is 379. The molecular formula is C12H14ClNO. The van der Waals surface area contributed by atoms with Crippen LogP contribution in [0.1, 0.15) is 18.4 Å². The lowest BCUT2D eigenvalue weighted by Gasteiger charge is -2.02. The number of hydrogen-bond donors (Lipinski definition) is 1. The molecule has 0 saturated carbocycles. The standard InChI is InChI=1S/C12H14ClNO/c1-15-12-7-6-11(13)9-10(12)5-3-2-4-8-14/h6-7,9H,2,4,8,14H2,1H3. The van der Waals surface area contributed by atoms with Crippen LogP contribution in [0.5, 0.6) is 5.75 Å². The van der Waals surface area contributed by atoms with E-state index < -0.39 is 0 Å². The molecule has 0 aliphatic heterocycles. The molecule has 0 atom stereocenters. The lowest BCUT2D eigenvalue weighted by atomic mass is 10.2. The van der Waals surface area contributed by atoms with E-state index in [0.29, 0.717) is 11.6 Å². The quantitative estimate of drug-likeness (QED) is 0.631. The van der Waals surface area contributed by atoms with Gasteiger partial charge in [-0.15, -0.1) is 0 Å². The first-order valence-electron chi connectivity index (χ1n) is 4.80. The van der Waals surface area contributed by atoms with Crippen molar-refractivity contribution >= 4 is 11.6 Å². The van der Waals surface area contributed by atoms with Gasteiger partial charge in [0.05, 0.1) is 12.7 Å². The molecule has 0 bridgehead atoms. The summed E-state index contributed by atoms with van der Waals surface area (Å²) in [6.07, 6.45) is 1.71.